The van der Waals surface area contributed by atoms with Gasteiger partial charge in [0.2, 0.25) is 5.91 Å². The number of pyridine rings is 1. The summed E-state index contributed by atoms with van der Waals surface area (Å²) in [4.78, 5) is 26.9. The Labute approximate surface area is 122 Å². The number of benzene rings is 1. The number of hydrogen-bond donors (Lipinski definition) is 2. The first-order chi connectivity index (χ1) is 9.97. The molecule has 0 atom stereocenters. The molecule has 1 heterocycles. The molecule has 2 N–H and O–H groups in total. The summed E-state index contributed by atoms with van der Waals surface area (Å²) in [5.74, 6) is -1.40. The number of nitrogens with zero attached hydrogens (tertiary/aromatic N) is 1. The minimum absolute atomic E-state index is 0.0254. The van der Waals surface area contributed by atoms with E-state index in [1.54, 1.807) is 12.1 Å². The second kappa shape index (κ2) is 6.17. The Morgan fingerprint density at radius 3 is 2.62 bits per heavy atom. The van der Waals surface area contributed by atoms with Gasteiger partial charge in [-0.15, -0.1) is 0 Å². The molecular formula is C16H16N2O3. The van der Waals surface area contributed by atoms with Gasteiger partial charge in [-0.1, -0.05) is 12.1 Å². The van der Waals surface area contributed by atoms with Crippen LogP contribution in [0, 0.1) is 13.8 Å². The van der Waals surface area contributed by atoms with Crippen LogP contribution in [0.3, 0.4) is 0 Å². The van der Waals surface area contributed by atoms with Crippen LogP contribution in [0.4, 0.5) is 5.69 Å². The smallest absolute Gasteiger partial charge is 0.354 e. The van der Waals surface area contributed by atoms with Crippen LogP contribution in [-0.2, 0) is 11.2 Å². The van der Waals surface area contributed by atoms with Crippen LogP contribution in [0.15, 0.2) is 36.5 Å². The van der Waals surface area contributed by atoms with E-state index in [4.69, 9.17) is 5.11 Å². The molecule has 1 aromatic heterocycles. The third-order valence-corrected chi connectivity index (χ3v) is 3.24. The molecule has 2 aromatic rings. The summed E-state index contributed by atoms with van der Waals surface area (Å²) < 4.78 is 0. The Morgan fingerprint density at radius 2 is 1.95 bits per heavy atom. The fourth-order valence-electron chi connectivity index (χ4n) is 1.97. The monoisotopic (exact) mass is 284 g/mol. The molecule has 0 saturated carbocycles. The Balaban J connectivity index is 2.12. The summed E-state index contributed by atoms with van der Waals surface area (Å²) in [6, 6.07) is 8.84. The molecule has 108 valence electrons. The van der Waals surface area contributed by atoms with Crippen LogP contribution in [0.25, 0.3) is 0 Å². The van der Waals surface area contributed by atoms with Crippen LogP contribution < -0.4 is 5.32 Å². The molecular weight excluding hydrogens is 268 g/mol. The van der Waals surface area contributed by atoms with Crippen LogP contribution in [0.2, 0.25) is 0 Å². The van der Waals surface area contributed by atoms with Crippen molar-refractivity contribution in [2.75, 3.05) is 5.32 Å². The highest BCUT2D eigenvalue weighted by Gasteiger charge is 2.14. The Bertz CT molecular complexity index is 696. The third-order valence-electron chi connectivity index (χ3n) is 3.24. The van der Waals surface area contributed by atoms with Crippen LogP contribution in [0.5, 0.6) is 0 Å². The summed E-state index contributed by atoms with van der Waals surface area (Å²) in [6.45, 7) is 3.96. The Morgan fingerprint density at radius 1 is 1.19 bits per heavy atom. The van der Waals surface area contributed by atoms with Gasteiger partial charge in [-0.25, -0.2) is 9.78 Å². The van der Waals surface area contributed by atoms with Crippen molar-refractivity contribution in [2.24, 2.45) is 0 Å². The molecule has 21 heavy (non-hydrogen) atoms. The Kier molecular flexibility index (Phi) is 4.33. The maximum Gasteiger partial charge on any atom is 0.354 e. The number of amides is 1. The lowest BCUT2D eigenvalue weighted by atomic mass is 10.1. The molecule has 0 bridgehead atoms. The number of aryl methyl sites for hydroxylation is 2. The van der Waals surface area contributed by atoms with E-state index in [0.29, 0.717) is 11.3 Å². The topological polar surface area (TPSA) is 79.3 Å². The highest BCUT2D eigenvalue weighted by atomic mass is 16.4. The van der Waals surface area contributed by atoms with E-state index in [-0.39, 0.29) is 18.0 Å². The zero-order chi connectivity index (χ0) is 15.4. The number of rotatable bonds is 4. The zero-order valence-corrected chi connectivity index (χ0v) is 11.9. The molecule has 2 rings (SSSR count). The van der Waals surface area contributed by atoms with E-state index >= 15 is 0 Å². The van der Waals surface area contributed by atoms with Gasteiger partial charge in [0.25, 0.3) is 0 Å². The summed E-state index contributed by atoms with van der Waals surface area (Å²) >= 11 is 0. The van der Waals surface area contributed by atoms with Gasteiger partial charge in [-0.3, -0.25) is 4.79 Å². The number of aromatic carboxylic acids is 1. The number of hydrogen-bond acceptors (Lipinski definition) is 3. The first-order valence-electron chi connectivity index (χ1n) is 6.51. The maximum absolute atomic E-state index is 12.0. The SMILES string of the molecule is Cc1ccc(NC(=O)Cc2cccnc2C(=O)O)cc1C. The normalized spacial score (nSPS) is 10.2. The van der Waals surface area contributed by atoms with E-state index in [1.165, 1.54) is 6.20 Å². The van der Waals surface area contributed by atoms with E-state index in [2.05, 4.69) is 10.3 Å². The molecule has 1 aromatic carbocycles. The van der Waals surface area contributed by atoms with E-state index in [1.807, 2.05) is 32.0 Å². The van der Waals surface area contributed by atoms with Crippen molar-refractivity contribution < 1.29 is 14.7 Å². The van der Waals surface area contributed by atoms with Crippen molar-refractivity contribution in [3.63, 3.8) is 0 Å². The molecule has 0 spiro atoms. The first kappa shape index (κ1) is 14.7. The van der Waals surface area contributed by atoms with Gasteiger partial charge in [0.1, 0.15) is 0 Å². The molecule has 0 radical (unpaired) electrons. The van der Waals surface area contributed by atoms with Crippen molar-refractivity contribution in [3.05, 3.63) is 58.9 Å². The predicted molar refractivity (Wildman–Crippen MR) is 79.4 cm³/mol. The molecule has 5 heteroatoms. The summed E-state index contributed by atoms with van der Waals surface area (Å²) in [5, 5.41) is 11.8. The molecule has 0 saturated heterocycles. The number of anilines is 1. The van der Waals surface area contributed by atoms with E-state index < -0.39 is 5.97 Å². The van der Waals surface area contributed by atoms with Crippen molar-refractivity contribution >= 4 is 17.6 Å². The van der Waals surface area contributed by atoms with Crippen LogP contribution >= 0.6 is 0 Å². The average molecular weight is 284 g/mol. The molecule has 0 unspecified atom stereocenters. The lowest BCUT2D eigenvalue weighted by molar-refractivity contribution is -0.115. The van der Waals surface area contributed by atoms with Crippen molar-refractivity contribution in [2.45, 2.75) is 20.3 Å². The standard InChI is InChI=1S/C16H16N2O3/c1-10-5-6-13(8-11(10)2)18-14(19)9-12-4-3-7-17-15(12)16(20)21/h3-8H,9H2,1-2H3,(H,18,19)(H,20,21). The minimum atomic E-state index is -1.13. The highest BCUT2D eigenvalue weighted by Crippen LogP contribution is 2.15. The second-order valence-electron chi connectivity index (χ2n) is 4.84. The van der Waals surface area contributed by atoms with Crippen molar-refractivity contribution in [1.29, 1.82) is 0 Å². The molecule has 0 aliphatic rings. The number of carboxylic acid groups (broad SMARTS) is 1. The molecule has 0 aliphatic carbocycles. The highest BCUT2D eigenvalue weighted by molar-refractivity contribution is 5.95. The van der Waals surface area contributed by atoms with Crippen molar-refractivity contribution in [3.8, 4) is 0 Å². The van der Waals surface area contributed by atoms with Gasteiger partial charge in [-0.2, -0.15) is 0 Å². The van der Waals surface area contributed by atoms with E-state index in [9.17, 15) is 9.59 Å². The number of carboxylic acids is 1. The summed E-state index contributed by atoms with van der Waals surface area (Å²) in [6.07, 6.45) is 1.37. The molecule has 0 aliphatic heterocycles. The number of carbonyl (C=O) groups is 2. The fraction of sp³-hybridized carbons (Fsp3) is 0.188. The van der Waals surface area contributed by atoms with E-state index in [0.717, 1.165) is 11.1 Å². The zero-order valence-electron chi connectivity index (χ0n) is 11.9. The number of aromatic nitrogens is 1. The second-order valence-corrected chi connectivity index (χ2v) is 4.84. The van der Waals surface area contributed by atoms with Gasteiger partial charge in [0, 0.05) is 11.9 Å². The average Bonchev–Trinajstić information content (AvgIpc) is 2.43. The maximum atomic E-state index is 12.0. The van der Waals surface area contributed by atoms with Crippen LogP contribution in [-0.4, -0.2) is 22.0 Å². The number of carbonyl (C=O) groups excluding carboxylic acids is 1. The minimum Gasteiger partial charge on any atom is -0.477 e. The van der Waals surface area contributed by atoms with Crippen molar-refractivity contribution in [1.82, 2.24) is 4.98 Å². The third kappa shape index (κ3) is 3.66. The van der Waals surface area contributed by atoms with Gasteiger partial charge in [-0.05, 0) is 48.7 Å². The largest absolute Gasteiger partial charge is 0.477 e. The summed E-state index contributed by atoms with van der Waals surface area (Å²) in [7, 11) is 0. The van der Waals surface area contributed by atoms with Gasteiger partial charge >= 0.3 is 5.97 Å². The Hall–Kier alpha value is -2.69. The van der Waals surface area contributed by atoms with Gasteiger partial charge in [0.15, 0.2) is 5.69 Å². The first-order valence-corrected chi connectivity index (χ1v) is 6.51. The summed E-state index contributed by atoms with van der Waals surface area (Å²) in [5.41, 5.74) is 3.23. The molecule has 5 nitrogen and oxygen atoms in total. The van der Waals surface area contributed by atoms with Crippen LogP contribution in [0.1, 0.15) is 27.2 Å². The van der Waals surface area contributed by atoms with Gasteiger partial charge < -0.3 is 10.4 Å². The lowest BCUT2D eigenvalue weighted by Gasteiger charge is -2.08. The quantitative estimate of drug-likeness (QED) is 0.904. The molecule has 0 fully saturated rings. The predicted octanol–water partition coefficient (Wildman–Crippen LogP) is 2.58. The van der Waals surface area contributed by atoms with Gasteiger partial charge in [0.05, 0.1) is 6.42 Å². The fourth-order valence-corrected chi connectivity index (χ4v) is 1.97. The lowest BCUT2D eigenvalue weighted by Crippen LogP contribution is -2.17. The number of nitrogens with one attached hydrogen (secondary N) is 1. The molecule has 1 amide bonds.